The number of unbranched alkanes of at least 4 members (excludes halogenated alkanes) is 5. The number of ether oxygens (including phenoxy) is 1. The standard InChI is InChI=1S/C13H21NO2/c15-10-5-3-1-2-4-6-11-16-13-8-7-9-14-12-13/h7-9,12,15H,1-6,10-11H2. The minimum Gasteiger partial charge on any atom is -0.492 e. The van der Waals surface area contributed by atoms with Crippen molar-refractivity contribution in [2.45, 2.75) is 38.5 Å². The van der Waals surface area contributed by atoms with Gasteiger partial charge >= 0.3 is 0 Å². The van der Waals surface area contributed by atoms with Crippen LogP contribution in [0, 0.1) is 0 Å². The second-order valence-corrected chi connectivity index (χ2v) is 3.88. The molecule has 1 heterocycles. The van der Waals surface area contributed by atoms with Gasteiger partial charge in [-0.25, -0.2) is 0 Å². The summed E-state index contributed by atoms with van der Waals surface area (Å²) in [6.45, 7) is 1.09. The number of aromatic nitrogens is 1. The van der Waals surface area contributed by atoms with Crippen LogP contribution in [0.4, 0.5) is 0 Å². The molecule has 0 saturated carbocycles. The molecule has 1 rings (SSSR count). The Kier molecular flexibility index (Phi) is 7.43. The average Bonchev–Trinajstić information content (AvgIpc) is 2.34. The van der Waals surface area contributed by atoms with Crippen molar-refractivity contribution in [1.29, 1.82) is 0 Å². The molecule has 1 aromatic heterocycles. The van der Waals surface area contributed by atoms with Crippen LogP contribution in [-0.4, -0.2) is 23.3 Å². The molecule has 0 unspecified atom stereocenters. The van der Waals surface area contributed by atoms with Crippen LogP contribution in [0.25, 0.3) is 0 Å². The first kappa shape index (κ1) is 13.0. The van der Waals surface area contributed by atoms with Gasteiger partial charge < -0.3 is 9.84 Å². The molecule has 16 heavy (non-hydrogen) atoms. The molecule has 0 atom stereocenters. The Balaban J connectivity index is 1.89. The molecule has 0 aromatic carbocycles. The van der Waals surface area contributed by atoms with Crippen molar-refractivity contribution in [2.24, 2.45) is 0 Å². The van der Waals surface area contributed by atoms with Gasteiger partial charge in [0.25, 0.3) is 0 Å². The number of pyridine rings is 1. The third-order valence-corrected chi connectivity index (χ3v) is 2.46. The summed E-state index contributed by atoms with van der Waals surface area (Å²) in [6.07, 6.45) is 10.3. The Hall–Kier alpha value is -1.09. The molecule has 0 aliphatic carbocycles. The second kappa shape index (κ2) is 9.16. The van der Waals surface area contributed by atoms with Gasteiger partial charge in [-0.3, -0.25) is 4.98 Å². The lowest BCUT2D eigenvalue weighted by molar-refractivity contribution is 0.280. The van der Waals surface area contributed by atoms with Crippen LogP contribution in [0.15, 0.2) is 24.5 Å². The average molecular weight is 223 g/mol. The maximum atomic E-state index is 8.61. The number of aliphatic hydroxyl groups is 1. The number of aliphatic hydroxyl groups excluding tert-OH is 1. The SMILES string of the molecule is OCCCCCCCCOc1cccnc1. The van der Waals surface area contributed by atoms with Crippen molar-refractivity contribution in [3.63, 3.8) is 0 Å². The van der Waals surface area contributed by atoms with E-state index < -0.39 is 0 Å². The third-order valence-electron chi connectivity index (χ3n) is 2.46. The summed E-state index contributed by atoms with van der Waals surface area (Å²) in [7, 11) is 0. The summed E-state index contributed by atoms with van der Waals surface area (Å²) in [5.41, 5.74) is 0. The lowest BCUT2D eigenvalue weighted by Gasteiger charge is -2.05. The summed E-state index contributed by atoms with van der Waals surface area (Å²) in [4.78, 5) is 3.98. The Labute approximate surface area is 97.5 Å². The molecule has 0 saturated heterocycles. The molecule has 0 radical (unpaired) electrons. The van der Waals surface area contributed by atoms with Crippen molar-refractivity contribution >= 4 is 0 Å². The maximum absolute atomic E-state index is 8.61. The van der Waals surface area contributed by atoms with Crippen LogP contribution < -0.4 is 4.74 Å². The van der Waals surface area contributed by atoms with E-state index in [1.807, 2.05) is 12.1 Å². The molecule has 3 nitrogen and oxygen atoms in total. The molecule has 0 aliphatic rings. The zero-order valence-electron chi connectivity index (χ0n) is 9.77. The fourth-order valence-electron chi connectivity index (χ4n) is 1.54. The predicted octanol–water partition coefficient (Wildman–Crippen LogP) is 2.79. The topological polar surface area (TPSA) is 42.4 Å². The van der Waals surface area contributed by atoms with Gasteiger partial charge in [-0.1, -0.05) is 25.7 Å². The zero-order chi connectivity index (χ0) is 11.5. The largest absolute Gasteiger partial charge is 0.492 e. The van der Waals surface area contributed by atoms with E-state index in [2.05, 4.69) is 4.98 Å². The zero-order valence-corrected chi connectivity index (χ0v) is 9.77. The quantitative estimate of drug-likeness (QED) is 0.654. The second-order valence-electron chi connectivity index (χ2n) is 3.88. The van der Waals surface area contributed by atoms with E-state index in [0.717, 1.165) is 31.6 Å². The van der Waals surface area contributed by atoms with Crippen molar-refractivity contribution in [3.05, 3.63) is 24.5 Å². The van der Waals surface area contributed by atoms with E-state index in [1.165, 1.54) is 19.3 Å². The van der Waals surface area contributed by atoms with E-state index in [-0.39, 0.29) is 0 Å². The molecule has 0 bridgehead atoms. The van der Waals surface area contributed by atoms with E-state index in [1.54, 1.807) is 12.4 Å². The van der Waals surface area contributed by atoms with E-state index >= 15 is 0 Å². The third kappa shape index (κ3) is 6.40. The van der Waals surface area contributed by atoms with Gasteiger partial charge in [0.2, 0.25) is 0 Å². The summed E-state index contributed by atoms with van der Waals surface area (Å²) in [5.74, 6) is 0.850. The van der Waals surface area contributed by atoms with Crippen LogP contribution in [0.2, 0.25) is 0 Å². The highest BCUT2D eigenvalue weighted by atomic mass is 16.5. The normalized spacial score (nSPS) is 10.3. The van der Waals surface area contributed by atoms with Crippen molar-refractivity contribution in [1.82, 2.24) is 4.98 Å². The number of hydrogen-bond donors (Lipinski definition) is 1. The van der Waals surface area contributed by atoms with Crippen LogP contribution in [-0.2, 0) is 0 Å². The lowest BCUT2D eigenvalue weighted by atomic mass is 10.1. The van der Waals surface area contributed by atoms with E-state index in [0.29, 0.717) is 6.61 Å². The van der Waals surface area contributed by atoms with Gasteiger partial charge in [0.15, 0.2) is 0 Å². The number of hydrogen-bond acceptors (Lipinski definition) is 3. The minimum absolute atomic E-state index is 0.324. The Morgan fingerprint density at radius 2 is 1.81 bits per heavy atom. The molecule has 3 heteroatoms. The first-order valence-electron chi connectivity index (χ1n) is 6.07. The van der Waals surface area contributed by atoms with Crippen LogP contribution in [0.3, 0.4) is 0 Å². The van der Waals surface area contributed by atoms with Crippen molar-refractivity contribution in [3.8, 4) is 5.75 Å². The predicted molar refractivity (Wildman–Crippen MR) is 64.5 cm³/mol. The van der Waals surface area contributed by atoms with Crippen LogP contribution in [0.5, 0.6) is 5.75 Å². The first-order chi connectivity index (χ1) is 7.93. The molecule has 0 aliphatic heterocycles. The summed E-state index contributed by atoms with van der Waals surface area (Å²) in [5, 5.41) is 8.61. The van der Waals surface area contributed by atoms with Gasteiger partial charge in [-0.15, -0.1) is 0 Å². The molecule has 1 N–H and O–H groups in total. The smallest absolute Gasteiger partial charge is 0.137 e. The van der Waals surface area contributed by atoms with Gasteiger partial charge in [0.1, 0.15) is 5.75 Å². The molecule has 1 aromatic rings. The molecule has 0 amide bonds. The van der Waals surface area contributed by atoms with Gasteiger partial charge in [-0.05, 0) is 25.0 Å². The Morgan fingerprint density at radius 1 is 1.06 bits per heavy atom. The first-order valence-corrected chi connectivity index (χ1v) is 6.07. The monoisotopic (exact) mass is 223 g/mol. The molecule has 0 spiro atoms. The molecular weight excluding hydrogens is 202 g/mol. The highest BCUT2D eigenvalue weighted by Crippen LogP contribution is 2.09. The Morgan fingerprint density at radius 3 is 2.50 bits per heavy atom. The molecular formula is C13H21NO2. The fourth-order valence-corrected chi connectivity index (χ4v) is 1.54. The summed E-state index contributed by atoms with van der Waals surface area (Å²) < 4.78 is 5.53. The maximum Gasteiger partial charge on any atom is 0.137 e. The summed E-state index contributed by atoms with van der Waals surface area (Å²) in [6, 6.07) is 3.80. The summed E-state index contributed by atoms with van der Waals surface area (Å²) >= 11 is 0. The fraction of sp³-hybridized carbons (Fsp3) is 0.615. The van der Waals surface area contributed by atoms with Crippen LogP contribution >= 0.6 is 0 Å². The van der Waals surface area contributed by atoms with Crippen molar-refractivity contribution < 1.29 is 9.84 Å². The minimum atomic E-state index is 0.324. The lowest BCUT2D eigenvalue weighted by Crippen LogP contribution is -1.97. The van der Waals surface area contributed by atoms with E-state index in [9.17, 15) is 0 Å². The van der Waals surface area contributed by atoms with Crippen LogP contribution in [0.1, 0.15) is 38.5 Å². The molecule has 90 valence electrons. The van der Waals surface area contributed by atoms with Gasteiger partial charge in [-0.2, -0.15) is 0 Å². The highest BCUT2D eigenvalue weighted by Gasteiger charge is 1.93. The molecule has 0 fully saturated rings. The van der Waals surface area contributed by atoms with Crippen molar-refractivity contribution in [2.75, 3.05) is 13.2 Å². The highest BCUT2D eigenvalue weighted by molar-refractivity contribution is 5.15. The van der Waals surface area contributed by atoms with Gasteiger partial charge in [0.05, 0.1) is 12.8 Å². The Bertz CT molecular complexity index is 251. The van der Waals surface area contributed by atoms with E-state index in [4.69, 9.17) is 9.84 Å². The number of rotatable bonds is 9. The van der Waals surface area contributed by atoms with Gasteiger partial charge in [0, 0.05) is 12.8 Å². The number of nitrogens with zero attached hydrogens (tertiary/aromatic N) is 1.